The van der Waals surface area contributed by atoms with E-state index in [1.165, 1.54) is 18.2 Å². The highest BCUT2D eigenvalue weighted by Crippen LogP contribution is 2.58. The number of nitrogens with two attached hydrogens (primary N) is 1. The molecule has 2 heterocycles. The molecular formula is C19H17N3O6S2. The SMILES string of the molecule is CC1[C@@H](c2ccccc2)[C@]1(NS(=O)(=O)c1ccc(-c2cc(C(N)=O)on2)s1)C(=O)O. The molecule has 0 saturated heterocycles. The van der Waals surface area contributed by atoms with Gasteiger partial charge in [0, 0.05) is 12.0 Å². The maximum absolute atomic E-state index is 13.0. The van der Waals surface area contributed by atoms with Crippen molar-refractivity contribution in [2.24, 2.45) is 11.7 Å². The fraction of sp³-hybridized carbons (Fsp3) is 0.211. The number of benzene rings is 1. The van der Waals surface area contributed by atoms with Crippen molar-refractivity contribution in [2.75, 3.05) is 0 Å². The molecule has 1 unspecified atom stereocenters. The van der Waals surface area contributed by atoms with Gasteiger partial charge in [0.15, 0.2) is 0 Å². The van der Waals surface area contributed by atoms with E-state index in [-0.39, 0.29) is 15.7 Å². The zero-order valence-corrected chi connectivity index (χ0v) is 17.2. The molecule has 1 fully saturated rings. The van der Waals surface area contributed by atoms with E-state index in [1.807, 2.05) is 6.07 Å². The number of nitrogens with zero attached hydrogens (tertiary/aromatic N) is 1. The molecule has 1 saturated carbocycles. The summed E-state index contributed by atoms with van der Waals surface area (Å²) in [6.45, 7) is 1.70. The van der Waals surface area contributed by atoms with Crippen LogP contribution in [0, 0.1) is 5.92 Å². The molecule has 11 heteroatoms. The summed E-state index contributed by atoms with van der Waals surface area (Å²) in [6, 6.07) is 13.1. The van der Waals surface area contributed by atoms with Crippen LogP contribution in [0.1, 0.15) is 29.0 Å². The number of primary amides is 1. The van der Waals surface area contributed by atoms with Crippen LogP contribution >= 0.6 is 11.3 Å². The van der Waals surface area contributed by atoms with Gasteiger partial charge in [-0.05, 0) is 23.6 Å². The summed E-state index contributed by atoms with van der Waals surface area (Å²) < 4.78 is 33.1. The van der Waals surface area contributed by atoms with Gasteiger partial charge in [0.05, 0.1) is 4.88 Å². The van der Waals surface area contributed by atoms with Gasteiger partial charge in [-0.1, -0.05) is 42.4 Å². The molecule has 1 amide bonds. The van der Waals surface area contributed by atoms with E-state index < -0.39 is 39.3 Å². The van der Waals surface area contributed by atoms with Crippen molar-refractivity contribution in [1.82, 2.24) is 9.88 Å². The van der Waals surface area contributed by atoms with Crippen molar-refractivity contribution in [3.8, 4) is 10.6 Å². The van der Waals surface area contributed by atoms with Crippen LogP contribution in [-0.4, -0.2) is 36.1 Å². The monoisotopic (exact) mass is 447 g/mol. The van der Waals surface area contributed by atoms with Crippen LogP contribution < -0.4 is 10.5 Å². The summed E-state index contributed by atoms with van der Waals surface area (Å²) in [5, 5.41) is 13.6. The molecule has 156 valence electrons. The van der Waals surface area contributed by atoms with Crippen LogP contribution in [0.5, 0.6) is 0 Å². The van der Waals surface area contributed by atoms with Crippen LogP contribution in [0.2, 0.25) is 0 Å². The largest absolute Gasteiger partial charge is 0.480 e. The molecule has 30 heavy (non-hydrogen) atoms. The number of hydrogen-bond donors (Lipinski definition) is 3. The van der Waals surface area contributed by atoms with Crippen LogP contribution in [0.3, 0.4) is 0 Å². The molecule has 4 rings (SSSR count). The Bertz CT molecular complexity index is 1230. The second kappa shape index (κ2) is 7.04. The molecule has 0 aliphatic heterocycles. The number of carboxylic acids is 1. The van der Waals surface area contributed by atoms with E-state index in [4.69, 9.17) is 10.3 Å². The first-order valence-corrected chi connectivity index (χ1v) is 11.2. The summed E-state index contributed by atoms with van der Waals surface area (Å²) in [5.74, 6) is -3.09. The lowest BCUT2D eigenvalue weighted by Crippen LogP contribution is -2.45. The summed E-state index contributed by atoms with van der Waals surface area (Å²) in [5.41, 5.74) is 4.51. The molecule has 1 aliphatic carbocycles. The third-order valence-electron chi connectivity index (χ3n) is 5.27. The van der Waals surface area contributed by atoms with Crippen LogP contribution in [0.25, 0.3) is 10.6 Å². The fourth-order valence-electron chi connectivity index (χ4n) is 3.68. The average molecular weight is 447 g/mol. The molecule has 2 aromatic heterocycles. The molecule has 3 atom stereocenters. The Kier molecular flexibility index (Phi) is 4.76. The van der Waals surface area contributed by atoms with E-state index in [0.29, 0.717) is 4.88 Å². The average Bonchev–Trinajstić information content (AvgIpc) is 3.14. The van der Waals surface area contributed by atoms with Crippen molar-refractivity contribution in [3.05, 3.63) is 59.9 Å². The first-order valence-electron chi connectivity index (χ1n) is 8.86. The van der Waals surface area contributed by atoms with Gasteiger partial charge in [-0.3, -0.25) is 9.59 Å². The smallest absolute Gasteiger partial charge is 0.325 e. The summed E-state index contributed by atoms with van der Waals surface area (Å²) >= 11 is 0.878. The maximum atomic E-state index is 13.0. The fourth-order valence-corrected chi connectivity index (χ4v) is 6.40. The molecule has 3 aromatic rings. The number of amides is 1. The zero-order valence-electron chi connectivity index (χ0n) is 15.6. The minimum atomic E-state index is -4.13. The Balaban J connectivity index is 1.63. The van der Waals surface area contributed by atoms with E-state index in [1.54, 1.807) is 31.2 Å². The first-order chi connectivity index (χ1) is 14.2. The van der Waals surface area contributed by atoms with Gasteiger partial charge in [-0.2, -0.15) is 4.72 Å². The number of hydrogen-bond acceptors (Lipinski definition) is 7. The number of carbonyl (C=O) groups excluding carboxylic acids is 1. The van der Waals surface area contributed by atoms with E-state index in [0.717, 1.165) is 16.9 Å². The van der Waals surface area contributed by atoms with Gasteiger partial charge in [-0.15, -0.1) is 11.3 Å². The lowest BCUT2D eigenvalue weighted by molar-refractivity contribution is -0.140. The third kappa shape index (κ3) is 3.20. The summed E-state index contributed by atoms with van der Waals surface area (Å²) in [4.78, 5) is 23.7. The van der Waals surface area contributed by atoms with E-state index in [9.17, 15) is 23.1 Å². The highest BCUT2D eigenvalue weighted by Gasteiger charge is 2.70. The second-order valence-electron chi connectivity index (χ2n) is 7.02. The van der Waals surface area contributed by atoms with Crippen molar-refractivity contribution >= 4 is 33.2 Å². The number of carboxylic acid groups (broad SMARTS) is 1. The molecule has 1 aliphatic rings. The summed E-state index contributed by atoms with van der Waals surface area (Å²) in [7, 11) is -4.13. The molecular weight excluding hydrogens is 430 g/mol. The van der Waals surface area contributed by atoms with Crippen molar-refractivity contribution in [3.63, 3.8) is 0 Å². The number of rotatable bonds is 7. The summed E-state index contributed by atoms with van der Waals surface area (Å²) in [6.07, 6.45) is 0. The van der Waals surface area contributed by atoms with Crippen LogP contribution in [0.4, 0.5) is 0 Å². The van der Waals surface area contributed by atoms with Gasteiger partial charge >= 0.3 is 5.97 Å². The predicted molar refractivity (Wildman–Crippen MR) is 107 cm³/mol. The Hall–Kier alpha value is -3.02. The Morgan fingerprint density at radius 1 is 1.23 bits per heavy atom. The lowest BCUT2D eigenvalue weighted by Gasteiger charge is -2.15. The highest BCUT2D eigenvalue weighted by molar-refractivity contribution is 7.91. The maximum Gasteiger partial charge on any atom is 0.325 e. The Morgan fingerprint density at radius 2 is 1.93 bits per heavy atom. The number of aromatic nitrogens is 1. The minimum Gasteiger partial charge on any atom is -0.480 e. The molecule has 0 radical (unpaired) electrons. The standard InChI is InChI=1S/C19H17N3O6S2/c1-10-16(11-5-3-2-4-6-11)19(10,18(24)25)22-30(26,27)15-8-7-14(29-15)12-9-13(17(20)23)28-21-12/h2-10,16,22H,1H3,(H2,20,23)(H,24,25)/t10?,16-,19-/m0/s1. The Labute approximate surface area is 175 Å². The third-order valence-corrected chi connectivity index (χ3v) is 8.35. The van der Waals surface area contributed by atoms with E-state index in [2.05, 4.69) is 9.88 Å². The first kappa shape index (κ1) is 20.3. The van der Waals surface area contributed by atoms with Gasteiger partial charge < -0.3 is 15.4 Å². The molecule has 9 nitrogen and oxygen atoms in total. The Morgan fingerprint density at radius 3 is 2.53 bits per heavy atom. The van der Waals surface area contributed by atoms with Gasteiger partial charge in [0.2, 0.25) is 5.76 Å². The molecule has 0 spiro atoms. The van der Waals surface area contributed by atoms with Crippen LogP contribution in [0.15, 0.2) is 57.3 Å². The molecule has 4 N–H and O–H groups in total. The number of sulfonamides is 1. The number of aliphatic carboxylic acids is 1. The van der Waals surface area contributed by atoms with Crippen LogP contribution in [-0.2, 0) is 14.8 Å². The lowest BCUT2D eigenvalue weighted by atomic mass is 10.1. The predicted octanol–water partition coefficient (Wildman–Crippen LogP) is 2.04. The topological polar surface area (TPSA) is 153 Å². The van der Waals surface area contributed by atoms with E-state index >= 15 is 0 Å². The van der Waals surface area contributed by atoms with Gasteiger partial charge in [0.1, 0.15) is 15.4 Å². The van der Waals surface area contributed by atoms with Crippen molar-refractivity contribution < 1.29 is 27.6 Å². The van der Waals surface area contributed by atoms with Gasteiger partial charge in [-0.25, -0.2) is 8.42 Å². The number of thiophene rings is 1. The number of nitrogens with one attached hydrogen (secondary N) is 1. The minimum absolute atomic E-state index is 0.0762. The molecule has 0 bridgehead atoms. The van der Waals surface area contributed by atoms with Crippen molar-refractivity contribution in [2.45, 2.75) is 22.6 Å². The zero-order chi connectivity index (χ0) is 21.7. The van der Waals surface area contributed by atoms with Gasteiger partial charge in [0.25, 0.3) is 15.9 Å². The highest BCUT2D eigenvalue weighted by atomic mass is 32.2. The quantitative estimate of drug-likeness (QED) is 0.501. The molecule has 1 aromatic carbocycles. The second-order valence-corrected chi connectivity index (χ2v) is 10.0. The number of carbonyl (C=O) groups is 2. The normalized spacial score (nSPS) is 23.2. The van der Waals surface area contributed by atoms with Crippen molar-refractivity contribution in [1.29, 1.82) is 0 Å².